The van der Waals surface area contributed by atoms with E-state index in [2.05, 4.69) is 15.6 Å². The number of thiophene rings is 1. The van der Waals surface area contributed by atoms with E-state index in [1.807, 2.05) is 0 Å². The molecule has 4 rings (SSSR count). The first-order chi connectivity index (χ1) is 18.1. The number of rotatable bonds is 6. The van der Waals surface area contributed by atoms with Crippen molar-refractivity contribution in [2.75, 3.05) is 18.9 Å². The smallest absolute Gasteiger partial charge is 0.373 e. The number of hydrogen-bond donors (Lipinski definition) is 2. The third kappa shape index (κ3) is 5.60. The molecule has 0 bridgehead atoms. The number of alkyl halides is 5. The van der Waals surface area contributed by atoms with Crippen LogP contribution in [0, 0.1) is 0 Å². The first-order valence-corrected chi connectivity index (χ1v) is 14.1. The monoisotopic (exact) mass is 609 g/mol. The molecule has 39 heavy (non-hydrogen) atoms. The van der Waals surface area contributed by atoms with E-state index in [1.54, 1.807) is 7.05 Å². The largest absolute Gasteiger partial charge is 0.432 e. The minimum absolute atomic E-state index is 0.123. The van der Waals surface area contributed by atoms with Crippen LogP contribution >= 0.6 is 22.9 Å². The molecule has 1 aromatic carbocycles. The number of quaternary nitrogens is 1. The molecule has 210 valence electrons. The average molecular weight is 610 g/mol. The summed E-state index contributed by atoms with van der Waals surface area (Å²) in [5.41, 5.74) is 0.222. The molecule has 2 aromatic heterocycles. The summed E-state index contributed by atoms with van der Waals surface area (Å²) in [7, 11) is -3.06. The number of nitrogens with one attached hydrogen (secondary N) is 2. The van der Waals surface area contributed by atoms with Gasteiger partial charge in [0.1, 0.15) is 11.9 Å². The Morgan fingerprint density at radius 1 is 1.18 bits per heavy atom. The van der Waals surface area contributed by atoms with Gasteiger partial charge in [0.05, 0.1) is 22.0 Å². The standard InChI is InChI=1S/C24H22ClF5N4O3S2/c1-14-11-23(26,27)13-34(14,39(36,37)21-8-7-19(25)38-21)22(35)32-12-15-9-18(33-20(10-15)31-2)16-3-5-17(6-4-16)24(28,29)30/h3-10,14H,11-13H2,1-2H3,(H-,31,32,33,35)/p+1/t14-,34?/m1/s1. The van der Waals surface area contributed by atoms with Crippen LogP contribution in [0.25, 0.3) is 11.3 Å². The average Bonchev–Trinajstić information content (AvgIpc) is 3.42. The summed E-state index contributed by atoms with van der Waals surface area (Å²) in [5.74, 6) is -3.08. The fourth-order valence-electron chi connectivity index (χ4n) is 4.55. The lowest BCUT2D eigenvalue weighted by molar-refractivity contribution is -0.738. The van der Waals surface area contributed by atoms with Gasteiger partial charge in [-0.25, -0.2) is 18.6 Å². The van der Waals surface area contributed by atoms with Gasteiger partial charge in [-0.2, -0.15) is 21.6 Å². The highest BCUT2D eigenvalue weighted by molar-refractivity contribution is 7.88. The van der Waals surface area contributed by atoms with E-state index >= 15 is 0 Å². The zero-order chi connectivity index (χ0) is 28.8. The predicted octanol–water partition coefficient (Wildman–Crippen LogP) is 6.37. The second kappa shape index (κ2) is 10.3. The minimum atomic E-state index is -4.62. The Balaban J connectivity index is 1.65. The molecule has 1 aliphatic rings. The van der Waals surface area contributed by atoms with Crippen LogP contribution in [-0.2, 0) is 22.7 Å². The molecule has 2 N–H and O–H groups in total. The molecule has 3 heterocycles. The molecule has 1 saturated heterocycles. The van der Waals surface area contributed by atoms with E-state index < -0.39 is 56.6 Å². The molecule has 7 nitrogen and oxygen atoms in total. The summed E-state index contributed by atoms with van der Waals surface area (Å²) in [5, 5.41) is 5.30. The number of nitrogens with zero attached hydrogens (tertiary/aromatic N) is 2. The molecule has 3 aromatic rings. The van der Waals surface area contributed by atoms with Crippen molar-refractivity contribution in [1.82, 2.24) is 10.3 Å². The Morgan fingerprint density at radius 2 is 1.85 bits per heavy atom. The number of urea groups is 1. The SMILES string of the molecule is CNc1cc(CNC(=O)[N+]2(S(=O)(=O)c3ccc(Cl)s3)CC(F)(F)C[C@H]2C)cc(-c2ccc(C(F)(F)F)cc2)n1. The van der Waals surface area contributed by atoms with Gasteiger partial charge < -0.3 is 10.6 Å². The van der Waals surface area contributed by atoms with Crippen molar-refractivity contribution < 1.29 is 39.1 Å². The summed E-state index contributed by atoms with van der Waals surface area (Å²) in [4.78, 5) is 17.8. The highest BCUT2D eigenvalue weighted by Gasteiger charge is 2.66. The Bertz CT molecular complexity index is 1500. The molecule has 15 heteroatoms. The molecule has 1 fully saturated rings. The van der Waals surface area contributed by atoms with Crippen LogP contribution < -0.4 is 10.6 Å². The number of carbonyl (C=O) groups is 1. The van der Waals surface area contributed by atoms with Crippen molar-refractivity contribution >= 4 is 44.8 Å². The molecule has 0 aliphatic carbocycles. The summed E-state index contributed by atoms with van der Waals surface area (Å²) >= 11 is 6.56. The normalized spacial score (nSPS) is 21.1. The van der Waals surface area contributed by atoms with E-state index in [4.69, 9.17) is 11.6 Å². The van der Waals surface area contributed by atoms with E-state index in [-0.39, 0.29) is 20.8 Å². The number of sulfonamides is 1. The van der Waals surface area contributed by atoms with Gasteiger partial charge in [0.15, 0.2) is 10.8 Å². The highest BCUT2D eigenvalue weighted by atomic mass is 35.5. The molecule has 0 spiro atoms. The lowest BCUT2D eigenvalue weighted by atomic mass is 10.1. The number of amides is 2. The molecule has 0 saturated carbocycles. The first kappa shape index (κ1) is 29.2. The van der Waals surface area contributed by atoms with Crippen LogP contribution in [0.5, 0.6) is 0 Å². The summed E-state index contributed by atoms with van der Waals surface area (Å²) in [6.45, 7) is -0.225. The second-order valence-electron chi connectivity index (χ2n) is 9.13. The Labute approximate surface area is 230 Å². The van der Waals surface area contributed by atoms with E-state index in [0.717, 1.165) is 12.1 Å². The minimum Gasteiger partial charge on any atom is -0.373 e. The van der Waals surface area contributed by atoms with Crippen molar-refractivity contribution in [1.29, 1.82) is 0 Å². The van der Waals surface area contributed by atoms with Crippen LogP contribution in [0.2, 0.25) is 4.34 Å². The number of pyridine rings is 1. The Morgan fingerprint density at radius 3 is 2.36 bits per heavy atom. The van der Waals surface area contributed by atoms with Gasteiger partial charge in [-0.05, 0) is 48.9 Å². The maximum Gasteiger partial charge on any atom is 0.432 e. The number of anilines is 1. The Kier molecular flexibility index (Phi) is 7.71. The number of likely N-dealkylation sites (tertiary alicyclic amines) is 1. The van der Waals surface area contributed by atoms with Gasteiger partial charge in [0.25, 0.3) is 0 Å². The summed E-state index contributed by atoms with van der Waals surface area (Å²) < 4.78 is 93.4. The molecular formula is C24H23ClF5N4O3S2+. The zero-order valence-electron chi connectivity index (χ0n) is 20.5. The molecular weight excluding hydrogens is 587 g/mol. The van der Waals surface area contributed by atoms with Crippen LogP contribution in [0.4, 0.5) is 32.6 Å². The molecule has 1 unspecified atom stereocenters. The van der Waals surface area contributed by atoms with Gasteiger partial charge in [-0.1, -0.05) is 23.7 Å². The number of hydrogen-bond acceptors (Lipinski definition) is 6. The fourth-order valence-corrected chi connectivity index (χ4v) is 8.30. The Hall–Kier alpha value is -2.81. The predicted molar refractivity (Wildman–Crippen MR) is 137 cm³/mol. The van der Waals surface area contributed by atoms with Crippen molar-refractivity contribution in [3.05, 3.63) is 64.0 Å². The van der Waals surface area contributed by atoms with Gasteiger partial charge >= 0.3 is 28.2 Å². The van der Waals surface area contributed by atoms with Crippen LogP contribution in [0.1, 0.15) is 24.5 Å². The van der Waals surface area contributed by atoms with E-state index in [0.29, 0.717) is 28.3 Å². The van der Waals surface area contributed by atoms with E-state index in [1.165, 1.54) is 43.3 Å². The van der Waals surface area contributed by atoms with Gasteiger partial charge in [0, 0.05) is 19.2 Å². The highest BCUT2D eigenvalue weighted by Crippen LogP contribution is 2.44. The fraction of sp³-hybridized carbons (Fsp3) is 0.333. The zero-order valence-corrected chi connectivity index (χ0v) is 22.9. The topological polar surface area (TPSA) is 88.2 Å². The van der Waals surface area contributed by atoms with Crippen molar-refractivity contribution in [2.45, 2.75) is 42.2 Å². The third-order valence-corrected chi connectivity index (χ3v) is 10.5. The van der Waals surface area contributed by atoms with Crippen LogP contribution in [0.3, 0.4) is 0 Å². The maximum absolute atomic E-state index is 14.5. The first-order valence-electron chi connectivity index (χ1n) is 11.5. The number of halogens is 6. The van der Waals surface area contributed by atoms with Crippen molar-refractivity contribution in [2.24, 2.45) is 0 Å². The quantitative estimate of drug-likeness (QED) is 0.251. The van der Waals surface area contributed by atoms with E-state index in [9.17, 15) is 35.2 Å². The summed E-state index contributed by atoms with van der Waals surface area (Å²) in [6.07, 6.45) is -5.32. The van der Waals surface area contributed by atoms with Crippen molar-refractivity contribution in [3.63, 3.8) is 0 Å². The molecule has 1 aliphatic heterocycles. The third-order valence-electron chi connectivity index (χ3n) is 6.44. The molecule has 2 amide bonds. The van der Waals surface area contributed by atoms with Crippen molar-refractivity contribution in [3.8, 4) is 11.3 Å². The second-order valence-corrected chi connectivity index (χ2v) is 13.1. The van der Waals surface area contributed by atoms with Gasteiger partial charge in [-0.15, -0.1) is 15.2 Å². The lowest BCUT2D eigenvalue weighted by Crippen LogP contribution is -2.62. The molecule has 2 atom stereocenters. The van der Waals surface area contributed by atoms with Crippen LogP contribution in [-0.4, -0.2) is 48.9 Å². The van der Waals surface area contributed by atoms with Gasteiger partial charge in [0.2, 0.25) is 0 Å². The number of carbonyl (C=O) groups excluding carboxylic acids is 1. The number of aromatic nitrogens is 1. The number of benzene rings is 1. The summed E-state index contributed by atoms with van der Waals surface area (Å²) in [6, 6.07) is 7.45. The van der Waals surface area contributed by atoms with Crippen LogP contribution in [0.15, 0.2) is 52.7 Å². The maximum atomic E-state index is 14.5. The molecule has 0 radical (unpaired) electrons. The lowest BCUT2D eigenvalue weighted by Gasteiger charge is -2.32. The van der Waals surface area contributed by atoms with Gasteiger partial charge in [-0.3, -0.25) is 0 Å².